The van der Waals surface area contributed by atoms with Crippen LogP contribution in [0.2, 0.25) is 0 Å². The van der Waals surface area contributed by atoms with Gasteiger partial charge in [-0.3, -0.25) is 4.79 Å². The molecule has 0 saturated heterocycles. The normalized spacial score (nSPS) is 14.7. The lowest BCUT2D eigenvalue weighted by molar-refractivity contribution is 0.0883. The quantitative estimate of drug-likeness (QED) is 0.744. The maximum atomic E-state index is 12.6. The zero-order valence-corrected chi connectivity index (χ0v) is 16.0. The van der Waals surface area contributed by atoms with Crippen molar-refractivity contribution in [2.75, 3.05) is 19.6 Å². The molecule has 1 aromatic rings. The number of nitrogens with two attached hydrogens (primary N) is 1. The van der Waals surface area contributed by atoms with Crippen LogP contribution >= 0.6 is 0 Å². The monoisotopic (exact) mass is 355 g/mol. The predicted octanol–water partition coefficient (Wildman–Crippen LogP) is 1.82. The molecule has 136 valence electrons. The van der Waals surface area contributed by atoms with E-state index in [9.17, 15) is 13.2 Å². The molecule has 0 bridgehead atoms. The molecule has 0 radical (unpaired) electrons. The summed E-state index contributed by atoms with van der Waals surface area (Å²) in [5.74, 6) is -0.178. The van der Waals surface area contributed by atoms with E-state index in [-0.39, 0.29) is 16.7 Å². The van der Waals surface area contributed by atoms with Gasteiger partial charge >= 0.3 is 0 Å². The van der Waals surface area contributed by atoms with Crippen molar-refractivity contribution in [2.24, 2.45) is 11.7 Å². The van der Waals surface area contributed by atoms with Crippen LogP contribution < -0.4 is 11.1 Å². The van der Waals surface area contributed by atoms with Gasteiger partial charge in [0.15, 0.2) is 0 Å². The Labute approximate surface area is 145 Å². The summed E-state index contributed by atoms with van der Waals surface area (Å²) in [6.45, 7) is 10.5. The molecule has 0 fully saturated rings. The zero-order chi connectivity index (χ0) is 18.5. The minimum atomic E-state index is -3.59. The summed E-state index contributed by atoms with van der Waals surface area (Å²) in [5, 5.41) is 2.92. The van der Waals surface area contributed by atoms with Gasteiger partial charge in [-0.2, -0.15) is 4.31 Å². The molecule has 0 aliphatic carbocycles. The maximum Gasteiger partial charge on any atom is 0.251 e. The van der Waals surface area contributed by atoms with E-state index in [1.807, 2.05) is 20.8 Å². The van der Waals surface area contributed by atoms with Crippen molar-refractivity contribution in [3.63, 3.8) is 0 Å². The lowest BCUT2D eigenvalue weighted by Crippen LogP contribution is -2.55. The topological polar surface area (TPSA) is 92.5 Å². The summed E-state index contributed by atoms with van der Waals surface area (Å²) >= 11 is 0. The first-order chi connectivity index (χ1) is 11.1. The fraction of sp³-hybridized carbons (Fsp3) is 0.588. The fourth-order valence-corrected chi connectivity index (χ4v) is 3.78. The number of benzene rings is 1. The van der Waals surface area contributed by atoms with Gasteiger partial charge in [-0.15, -0.1) is 0 Å². The molecule has 1 amide bonds. The van der Waals surface area contributed by atoms with Crippen LogP contribution in [0.15, 0.2) is 29.2 Å². The smallest absolute Gasteiger partial charge is 0.251 e. The van der Waals surface area contributed by atoms with Gasteiger partial charge in [0.2, 0.25) is 10.0 Å². The van der Waals surface area contributed by atoms with E-state index in [1.165, 1.54) is 16.4 Å². The average molecular weight is 356 g/mol. The van der Waals surface area contributed by atoms with Crippen molar-refractivity contribution in [3.8, 4) is 0 Å². The highest BCUT2D eigenvalue weighted by Gasteiger charge is 2.29. The molecule has 6 nitrogen and oxygen atoms in total. The van der Waals surface area contributed by atoms with Crippen LogP contribution in [0.25, 0.3) is 0 Å². The Morgan fingerprint density at radius 2 is 1.88 bits per heavy atom. The minimum Gasteiger partial charge on any atom is -0.345 e. The number of carbonyl (C=O) groups is 1. The van der Waals surface area contributed by atoms with Gasteiger partial charge in [0.25, 0.3) is 5.91 Å². The number of hydrogen-bond donors (Lipinski definition) is 2. The minimum absolute atomic E-state index is 0.123. The van der Waals surface area contributed by atoms with Gasteiger partial charge in [-0.25, -0.2) is 8.42 Å². The van der Waals surface area contributed by atoms with E-state index < -0.39 is 15.6 Å². The third-order valence-corrected chi connectivity index (χ3v) is 6.58. The summed E-state index contributed by atoms with van der Waals surface area (Å²) in [5.41, 5.74) is 5.55. The second-order valence-corrected chi connectivity index (χ2v) is 8.29. The zero-order valence-electron chi connectivity index (χ0n) is 15.2. The number of carbonyl (C=O) groups excluding carboxylic acids is 1. The molecule has 24 heavy (non-hydrogen) atoms. The largest absolute Gasteiger partial charge is 0.345 e. The summed E-state index contributed by atoms with van der Waals surface area (Å²) in [7, 11) is -3.59. The average Bonchev–Trinajstić information content (AvgIpc) is 2.55. The maximum absolute atomic E-state index is 12.6. The summed E-state index contributed by atoms with van der Waals surface area (Å²) in [4.78, 5) is 12.7. The SMILES string of the molecule is CCN(CC)S(=O)(=O)c1cccc(C(=O)NC(C)(CN)C(C)C)c1. The third kappa shape index (κ3) is 4.34. The van der Waals surface area contributed by atoms with Gasteiger partial charge in [-0.05, 0) is 31.0 Å². The molecule has 1 rings (SSSR count). The lowest BCUT2D eigenvalue weighted by atomic mass is 9.88. The summed E-state index contributed by atoms with van der Waals surface area (Å²) in [6.07, 6.45) is 0. The van der Waals surface area contributed by atoms with Crippen LogP contribution in [0.3, 0.4) is 0 Å². The Kier molecular flexibility index (Phi) is 6.95. The number of sulfonamides is 1. The van der Waals surface area contributed by atoms with E-state index in [4.69, 9.17) is 5.73 Å². The lowest BCUT2D eigenvalue weighted by Gasteiger charge is -2.33. The molecule has 1 atom stereocenters. The van der Waals surface area contributed by atoms with Crippen LogP contribution in [0.5, 0.6) is 0 Å². The Bertz CT molecular complexity index is 669. The Hall–Kier alpha value is -1.44. The number of nitrogens with one attached hydrogen (secondary N) is 1. The van der Waals surface area contributed by atoms with E-state index in [2.05, 4.69) is 5.32 Å². The third-order valence-electron chi connectivity index (χ3n) is 4.54. The summed E-state index contributed by atoms with van der Waals surface area (Å²) < 4.78 is 26.5. The van der Waals surface area contributed by atoms with Crippen LogP contribution in [0.1, 0.15) is 45.0 Å². The Morgan fingerprint density at radius 1 is 1.29 bits per heavy atom. The predicted molar refractivity (Wildman–Crippen MR) is 96.3 cm³/mol. The molecule has 1 unspecified atom stereocenters. The van der Waals surface area contributed by atoms with Gasteiger partial charge in [0, 0.05) is 25.2 Å². The van der Waals surface area contributed by atoms with Crippen LogP contribution in [0.4, 0.5) is 0 Å². The van der Waals surface area contributed by atoms with Crippen molar-refractivity contribution < 1.29 is 13.2 Å². The Balaban J connectivity index is 3.15. The number of rotatable bonds is 8. The molecule has 1 aromatic carbocycles. The first-order valence-corrected chi connectivity index (χ1v) is 9.69. The van der Waals surface area contributed by atoms with Gasteiger partial charge in [0.05, 0.1) is 10.4 Å². The Morgan fingerprint density at radius 3 is 2.33 bits per heavy atom. The van der Waals surface area contributed by atoms with Gasteiger partial charge in [-0.1, -0.05) is 33.8 Å². The second-order valence-electron chi connectivity index (χ2n) is 6.35. The molecule has 0 saturated carbocycles. The number of hydrogen-bond acceptors (Lipinski definition) is 4. The van der Waals surface area contributed by atoms with E-state index >= 15 is 0 Å². The molecule has 3 N–H and O–H groups in total. The van der Waals surface area contributed by atoms with Crippen molar-refractivity contribution >= 4 is 15.9 Å². The van der Waals surface area contributed by atoms with Crippen molar-refractivity contribution in [2.45, 2.75) is 45.1 Å². The summed E-state index contributed by atoms with van der Waals surface area (Å²) in [6, 6.07) is 6.11. The highest BCUT2D eigenvalue weighted by Crippen LogP contribution is 2.19. The fourth-order valence-electron chi connectivity index (χ4n) is 2.27. The molecular weight excluding hydrogens is 326 g/mol. The van der Waals surface area contributed by atoms with E-state index in [0.29, 0.717) is 25.2 Å². The van der Waals surface area contributed by atoms with E-state index in [1.54, 1.807) is 26.0 Å². The highest BCUT2D eigenvalue weighted by molar-refractivity contribution is 7.89. The molecule has 7 heteroatoms. The molecule has 0 aliphatic heterocycles. The standard InChI is InChI=1S/C17H29N3O3S/c1-6-20(7-2)24(22,23)15-10-8-9-14(11-15)16(21)19-17(5,12-18)13(3)4/h8-11,13H,6-7,12,18H2,1-5H3,(H,19,21). The molecule has 0 aliphatic rings. The molecule has 0 heterocycles. The van der Waals surface area contributed by atoms with Gasteiger partial charge in [0.1, 0.15) is 0 Å². The van der Waals surface area contributed by atoms with Crippen LogP contribution in [-0.2, 0) is 10.0 Å². The molecule has 0 spiro atoms. The van der Waals surface area contributed by atoms with Crippen molar-refractivity contribution in [1.29, 1.82) is 0 Å². The first-order valence-electron chi connectivity index (χ1n) is 8.25. The second kappa shape index (κ2) is 8.09. The highest BCUT2D eigenvalue weighted by atomic mass is 32.2. The van der Waals surface area contributed by atoms with Crippen molar-refractivity contribution in [1.82, 2.24) is 9.62 Å². The van der Waals surface area contributed by atoms with E-state index in [0.717, 1.165) is 0 Å². The van der Waals surface area contributed by atoms with Crippen LogP contribution in [-0.4, -0.2) is 43.8 Å². The first kappa shape index (κ1) is 20.6. The number of amides is 1. The van der Waals surface area contributed by atoms with Crippen molar-refractivity contribution in [3.05, 3.63) is 29.8 Å². The molecular formula is C17H29N3O3S. The van der Waals surface area contributed by atoms with Crippen LogP contribution in [0, 0.1) is 5.92 Å². The number of nitrogens with zero attached hydrogens (tertiary/aromatic N) is 1. The van der Waals surface area contributed by atoms with Gasteiger partial charge < -0.3 is 11.1 Å². The molecule has 0 aromatic heterocycles.